The second-order valence-corrected chi connectivity index (χ2v) is 8.01. The highest BCUT2D eigenvalue weighted by Crippen LogP contribution is 2.45. The van der Waals surface area contributed by atoms with Crippen LogP contribution in [0, 0.1) is 17.3 Å². The Labute approximate surface area is 134 Å². The molecule has 126 valence electrons. The van der Waals surface area contributed by atoms with Crippen molar-refractivity contribution in [3.63, 3.8) is 0 Å². The molecule has 0 heterocycles. The third-order valence-corrected chi connectivity index (χ3v) is 5.89. The number of rotatable bonds is 10. The van der Waals surface area contributed by atoms with Gasteiger partial charge in [0.15, 0.2) is 0 Å². The number of hydrogen-bond donors (Lipinski definition) is 1. The van der Waals surface area contributed by atoms with Gasteiger partial charge in [-0.2, -0.15) is 0 Å². The van der Waals surface area contributed by atoms with E-state index in [1.54, 1.807) is 0 Å². The SMILES string of the molecule is CCCCC1CCC(CNC(C)C)(CC(CC)CC)CC1. The van der Waals surface area contributed by atoms with Crippen LogP contribution < -0.4 is 5.32 Å². The van der Waals surface area contributed by atoms with Gasteiger partial charge in [0.25, 0.3) is 0 Å². The van der Waals surface area contributed by atoms with E-state index in [0.717, 1.165) is 11.8 Å². The van der Waals surface area contributed by atoms with Gasteiger partial charge in [-0.3, -0.25) is 0 Å². The van der Waals surface area contributed by atoms with Crippen LogP contribution in [0.4, 0.5) is 0 Å². The van der Waals surface area contributed by atoms with Gasteiger partial charge < -0.3 is 5.32 Å². The summed E-state index contributed by atoms with van der Waals surface area (Å²) in [7, 11) is 0. The van der Waals surface area contributed by atoms with Crippen LogP contribution in [0.25, 0.3) is 0 Å². The molecule has 0 atom stereocenters. The maximum Gasteiger partial charge on any atom is 0.00106 e. The second kappa shape index (κ2) is 9.87. The van der Waals surface area contributed by atoms with Gasteiger partial charge in [-0.15, -0.1) is 0 Å². The predicted octanol–water partition coefficient (Wildman–Crippen LogP) is 6.18. The summed E-state index contributed by atoms with van der Waals surface area (Å²) in [5.41, 5.74) is 0.601. The minimum absolute atomic E-state index is 0.601. The van der Waals surface area contributed by atoms with E-state index >= 15 is 0 Å². The van der Waals surface area contributed by atoms with E-state index < -0.39 is 0 Å². The molecule has 1 fully saturated rings. The quantitative estimate of drug-likeness (QED) is 0.507. The molecule has 1 aliphatic carbocycles. The van der Waals surface area contributed by atoms with Gasteiger partial charge in [-0.1, -0.05) is 66.7 Å². The molecule has 21 heavy (non-hydrogen) atoms. The first kappa shape index (κ1) is 19.0. The number of unbranched alkanes of at least 4 members (excludes halogenated alkanes) is 1. The molecule has 0 aromatic heterocycles. The molecule has 0 aromatic carbocycles. The standard InChI is InChI=1S/C20H41N/c1-6-9-10-19-11-13-20(14-12-19,16-21-17(4)5)15-18(7-2)8-3/h17-19,21H,6-16H2,1-5H3. The Balaban J connectivity index is 2.57. The molecule has 0 unspecified atom stereocenters. The molecule has 1 nitrogen and oxygen atoms in total. The van der Waals surface area contributed by atoms with Crippen molar-refractivity contribution in [1.82, 2.24) is 5.32 Å². The first-order valence-corrected chi connectivity index (χ1v) is 9.78. The summed E-state index contributed by atoms with van der Waals surface area (Å²) >= 11 is 0. The fourth-order valence-electron chi connectivity index (χ4n) is 4.13. The van der Waals surface area contributed by atoms with Crippen molar-refractivity contribution in [2.24, 2.45) is 17.3 Å². The average molecular weight is 296 g/mol. The molecule has 0 bridgehead atoms. The third-order valence-electron chi connectivity index (χ3n) is 5.89. The normalized spacial score (nSPS) is 26.7. The third kappa shape index (κ3) is 6.72. The van der Waals surface area contributed by atoms with Crippen molar-refractivity contribution in [1.29, 1.82) is 0 Å². The Morgan fingerprint density at radius 3 is 2.14 bits per heavy atom. The molecular weight excluding hydrogens is 254 g/mol. The van der Waals surface area contributed by atoms with Crippen LogP contribution in [0.15, 0.2) is 0 Å². The van der Waals surface area contributed by atoms with Gasteiger partial charge in [0.05, 0.1) is 0 Å². The van der Waals surface area contributed by atoms with E-state index in [4.69, 9.17) is 0 Å². The first-order chi connectivity index (χ1) is 10.0. The van der Waals surface area contributed by atoms with Gasteiger partial charge in [0, 0.05) is 12.6 Å². The van der Waals surface area contributed by atoms with Crippen LogP contribution >= 0.6 is 0 Å². The van der Waals surface area contributed by atoms with Crippen LogP contribution in [-0.2, 0) is 0 Å². The summed E-state index contributed by atoms with van der Waals surface area (Å²) in [6, 6.07) is 0.626. The molecule has 0 radical (unpaired) electrons. The highest BCUT2D eigenvalue weighted by molar-refractivity contribution is 4.89. The lowest BCUT2D eigenvalue weighted by Crippen LogP contribution is -2.41. The van der Waals surface area contributed by atoms with Crippen LogP contribution in [0.1, 0.15) is 98.8 Å². The lowest BCUT2D eigenvalue weighted by Gasteiger charge is -2.43. The van der Waals surface area contributed by atoms with E-state index in [0.29, 0.717) is 11.5 Å². The molecule has 1 aliphatic rings. The minimum atomic E-state index is 0.601. The lowest BCUT2D eigenvalue weighted by molar-refractivity contribution is 0.101. The Kier molecular flexibility index (Phi) is 8.94. The maximum absolute atomic E-state index is 3.77. The van der Waals surface area contributed by atoms with Crippen molar-refractivity contribution in [2.75, 3.05) is 6.54 Å². The van der Waals surface area contributed by atoms with Crippen LogP contribution in [0.2, 0.25) is 0 Å². The van der Waals surface area contributed by atoms with Crippen molar-refractivity contribution >= 4 is 0 Å². The zero-order valence-corrected chi connectivity index (χ0v) is 15.5. The van der Waals surface area contributed by atoms with Gasteiger partial charge in [0.1, 0.15) is 0 Å². The highest BCUT2D eigenvalue weighted by Gasteiger charge is 2.36. The van der Waals surface area contributed by atoms with Crippen molar-refractivity contribution in [3.8, 4) is 0 Å². The number of nitrogens with one attached hydrogen (secondary N) is 1. The van der Waals surface area contributed by atoms with Crippen LogP contribution in [-0.4, -0.2) is 12.6 Å². The van der Waals surface area contributed by atoms with E-state index in [-0.39, 0.29) is 0 Å². The average Bonchev–Trinajstić information content (AvgIpc) is 2.50. The van der Waals surface area contributed by atoms with E-state index in [2.05, 4.69) is 39.9 Å². The Morgan fingerprint density at radius 1 is 1.05 bits per heavy atom. The molecular formula is C20H41N. The predicted molar refractivity (Wildman–Crippen MR) is 95.7 cm³/mol. The summed E-state index contributed by atoms with van der Waals surface area (Å²) in [6.45, 7) is 12.9. The zero-order valence-electron chi connectivity index (χ0n) is 15.5. The van der Waals surface area contributed by atoms with E-state index in [9.17, 15) is 0 Å². The monoisotopic (exact) mass is 295 g/mol. The van der Waals surface area contributed by atoms with Gasteiger partial charge >= 0.3 is 0 Å². The molecule has 1 N–H and O–H groups in total. The largest absolute Gasteiger partial charge is 0.314 e. The zero-order chi connectivity index (χ0) is 15.7. The first-order valence-electron chi connectivity index (χ1n) is 9.78. The summed E-state index contributed by atoms with van der Waals surface area (Å²) in [5.74, 6) is 1.96. The van der Waals surface area contributed by atoms with Crippen molar-refractivity contribution < 1.29 is 0 Å². The summed E-state index contributed by atoms with van der Waals surface area (Å²) in [5, 5.41) is 3.77. The fraction of sp³-hybridized carbons (Fsp3) is 1.00. The summed E-state index contributed by atoms with van der Waals surface area (Å²) in [6.07, 6.45) is 14.4. The van der Waals surface area contributed by atoms with Crippen LogP contribution in [0.3, 0.4) is 0 Å². The molecule has 1 saturated carbocycles. The molecule has 0 amide bonds. The Bertz CT molecular complexity index is 247. The Morgan fingerprint density at radius 2 is 1.67 bits per heavy atom. The van der Waals surface area contributed by atoms with Crippen molar-refractivity contribution in [2.45, 2.75) is 105 Å². The van der Waals surface area contributed by atoms with Crippen molar-refractivity contribution in [3.05, 3.63) is 0 Å². The molecule has 1 heteroatoms. The maximum atomic E-state index is 3.77. The smallest absolute Gasteiger partial charge is 0.00106 e. The number of hydrogen-bond acceptors (Lipinski definition) is 1. The second-order valence-electron chi connectivity index (χ2n) is 8.01. The topological polar surface area (TPSA) is 12.0 Å². The highest BCUT2D eigenvalue weighted by atomic mass is 14.9. The summed E-state index contributed by atoms with van der Waals surface area (Å²) < 4.78 is 0. The molecule has 0 saturated heterocycles. The lowest BCUT2D eigenvalue weighted by atomic mass is 9.65. The van der Waals surface area contributed by atoms with E-state index in [1.807, 2.05) is 0 Å². The molecule has 1 rings (SSSR count). The summed E-state index contributed by atoms with van der Waals surface area (Å²) in [4.78, 5) is 0. The van der Waals surface area contributed by atoms with Gasteiger partial charge in [0.2, 0.25) is 0 Å². The Hall–Kier alpha value is -0.0400. The van der Waals surface area contributed by atoms with Gasteiger partial charge in [-0.25, -0.2) is 0 Å². The molecule has 0 aromatic rings. The minimum Gasteiger partial charge on any atom is -0.314 e. The van der Waals surface area contributed by atoms with E-state index in [1.165, 1.54) is 70.8 Å². The van der Waals surface area contributed by atoms with Crippen LogP contribution in [0.5, 0.6) is 0 Å². The molecule has 0 aliphatic heterocycles. The molecule has 0 spiro atoms. The fourth-order valence-corrected chi connectivity index (χ4v) is 4.13. The van der Waals surface area contributed by atoms with Gasteiger partial charge in [-0.05, 0) is 49.4 Å².